The average molecular weight is 266 g/mol. The number of benzene rings is 1. The Kier molecular flexibility index (Phi) is 6.56. The summed E-state index contributed by atoms with van der Waals surface area (Å²) in [7, 11) is 0. The van der Waals surface area contributed by atoms with Gasteiger partial charge in [0.2, 0.25) is 0 Å². The van der Waals surface area contributed by atoms with Crippen LogP contribution in [0.3, 0.4) is 0 Å². The van der Waals surface area contributed by atoms with Crippen molar-refractivity contribution in [3.05, 3.63) is 35.9 Å². The van der Waals surface area contributed by atoms with Gasteiger partial charge in [-0.1, -0.05) is 30.3 Å². The number of nitrogens with one attached hydrogen (secondary N) is 1. The van der Waals surface area contributed by atoms with Crippen molar-refractivity contribution in [2.75, 3.05) is 6.61 Å². The van der Waals surface area contributed by atoms with E-state index in [9.17, 15) is 9.59 Å². The molecule has 1 rings (SSSR count). The molecule has 6 nitrogen and oxygen atoms in total. The highest BCUT2D eigenvalue weighted by Gasteiger charge is 2.20. The van der Waals surface area contributed by atoms with Crippen molar-refractivity contribution in [1.82, 2.24) is 5.43 Å². The Morgan fingerprint density at radius 2 is 2.00 bits per heavy atom. The van der Waals surface area contributed by atoms with E-state index in [1.807, 2.05) is 35.8 Å². The van der Waals surface area contributed by atoms with Gasteiger partial charge in [0.25, 0.3) is 0 Å². The largest absolute Gasteiger partial charge is 0.480 e. The maximum absolute atomic E-state index is 11.3. The highest BCUT2D eigenvalue weighted by molar-refractivity contribution is 5.81. The summed E-state index contributed by atoms with van der Waals surface area (Å²) < 4.78 is 4.95. The van der Waals surface area contributed by atoms with E-state index in [1.54, 1.807) is 0 Å². The van der Waals surface area contributed by atoms with Gasteiger partial charge >= 0.3 is 11.9 Å². The number of aliphatic carboxylic acids is 1. The highest BCUT2D eigenvalue weighted by Crippen LogP contribution is 2.03. The van der Waals surface area contributed by atoms with Crippen LogP contribution in [0.2, 0.25) is 0 Å². The molecular formula is C13H18N2O4. The summed E-state index contributed by atoms with van der Waals surface area (Å²) in [5.74, 6) is 3.27. The molecule has 0 spiro atoms. The Hall–Kier alpha value is -1.92. The summed E-state index contributed by atoms with van der Waals surface area (Å²) >= 11 is 0. The van der Waals surface area contributed by atoms with Gasteiger partial charge in [-0.25, -0.2) is 5.43 Å². The molecule has 0 aliphatic rings. The first-order valence-electron chi connectivity index (χ1n) is 6.02. The molecule has 19 heavy (non-hydrogen) atoms. The normalized spacial score (nSPS) is 11.8. The Balaban J connectivity index is 2.19. The molecule has 0 radical (unpaired) electrons. The molecule has 0 aliphatic carbocycles. The first-order valence-corrected chi connectivity index (χ1v) is 6.02. The number of esters is 1. The quantitative estimate of drug-likeness (QED) is 0.273. The van der Waals surface area contributed by atoms with Gasteiger partial charge in [-0.3, -0.25) is 15.4 Å². The molecule has 0 saturated carbocycles. The first-order chi connectivity index (χ1) is 9.13. The average Bonchev–Trinajstić information content (AvgIpc) is 2.42. The van der Waals surface area contributed by atoms with Crippen LogP contribution in [-0.4, -0.2) is 29.7 Å². The summed E-state index contributed by atoms with van der Waals surface area (Å²) in [5, 5.41) is 8.69. The fourth-order valence-electron chi connectivity index (χ4n) is 1.55. The van der Waals surface area contributed by atoms with Crippen molar-refractivity contribution in [2.45, 2.75) is 25.3 Å². The van der Waals surface area contributed by atoms with Crippen LogP contribution in [-0.2, 0) is 20.7 Å². The summed E-state index contributed by atoms with van der Waals surface area (Å²) in [6, 6.07) is 8.73. The van der Waals surface area contributed by atoms with Gasteiger partial charge in [0.15, 0.2) is 0 Å². The second-order valence-electron chi connectivity index (χ2n) is 4.07. The summed E-state index contributed by atoms with van der Waals surface area (Å²) in [6.45, 7) is 0.268. The van der Waals surface area contributed by atoms with Crippen molar-refractivity contribution in [1.29, 1.82) is 0 Å². The van der Waals surface area contributed by atoms with Crippen LogP contribution < -0.4 is 11.3 Å². The second-order valence-corrected chi connectivity index (χ2v) is 4.07. The number of rotatable bonds is 8. The van der Waals surface area contributed by atoms with Crippen LogP contribution in [0.4, 0.5) is 0 Å². The van der Waals surface area contributed by atoms with Gasteiger partial charge in [-0.15, -0.1) is 0 Å². The van der Waals surface area contributed by atoms with Crippen molar-refractivity contribution < 1.29 is 19.4 Å². The monoisotopic (exact) mass is 266 g/mol. The Bertz CT molecular complexity index is 408. The number of carboxylic acid groups (broad SMARTS) is 1. The molecule has 0 fully saturated rings. The van der Waals surface area contributed by atoms with Crippen molar-refractivity contribution in [2.24, 2.45) is 5.84 Å². The first kappa shape index (κ1) is 15.1. The lowest BCUT2D eigenvalue weighted by molar-refractivity contribution is -0.149. The summed E-state index contributed by atoms with van der Waals surface area (Å²) in [4.78, 5) is 22.0. The number of hydrazine groups is 1. The Labute approximate surface area is 111 Å². The number of carbonyl (C=O) groups excluding carboxylic acids is 1. The van der Waals surface area contributed by atoms with E-state index in [4.69, 9.17) is 15.7 Å². The van der Waals surface area contributed by atoms with Crippen LogP contribution >= 0.6 is 0 Å². The van der Waals surface area contributed by atoms with E-state index < -0.39 is 18.0 Å². The lowest BCUT2D eigenvalue weighted by Crippen LogP contribution is -2.43. The number of carbonyl (C=O) groups is 2. The van der Waals surface area contributed by atoms with E-state index in [0.29, 0.717) is 6.42 Å². The van der Waals surface area contributed by atoms with Crippen molar-refractivity contribution >= 4 is 11.9 Å². The minimum absolute atomic E-state index is 0.268. The molecule has 1 aromatic carbocycles. The van der Waals surface area contributed by atoms with Gasteiger partial charge < -0.3 is 9.84 Å². The molecule has 0 unspecified atom stereocenters. The van der Waals surface area contributed by atoms with Gasteiger partial charge in [0.1, 0.15) is 6.04 Å². The molecule has 0 amide bonds. The van der Waals surface area contributed by atoms with Crippen LogP contribution in [0.1, 0.15) is 18.4 Å². The molecule has 1 aromatic rings. The van der Waals surface area contributed by atoms with Crippen LogP contribution in [0.15, 0.2) is 30.3 Å². The van der Waals surface area contributed by atoms with E-state index in [2.05, 4.69) is 0 Å². The van der Waals surface area contributed by atoms with Gasteiger partial charge in [-0.2, -0.15) is 0 Å². The third-order valence-corrected chi connectivity index (χ3v) is 2.59. The zero-order valence-electron chi connectivity index (χ0n) is 10.5. The van der Waals surface area contributed by atoms with Crippen LogP contribution in [0.5, 0.6) is 0 Å². The van der Waals surface area contributed by atoms with Crippen LogP contribution in [0, 0.1) is 0 Å². The highest BCUT2D eigenvalue weighted by atomic mass is 16.5. The fraction of sp³-hybridized carbons (Fsp3) is 0.385. The van der Waals surface area contributed by atoms with E-state index >= 15 is 0 Å². The van der Waals surface area contributed by atoms with Gasteiger partial charge in [0, 0.05) is 0 Å². The lowest BCUT2D eigenvalue weighted by atomic mass is 10.1. The number of nitrogens with two attached hydrogens (primary N) is 1. The third-order valence-electron chi connectivity index (χ3n) is 2.59. The number of carboxylic acids is 1. The van der Waals surface area contributed by atoms with E-state index in [0.717, 1.165) is 6.42 Å². The van der Waals surface area contributed by atoms with Crippen molar-refractivity contribution in [3.8, 4) is 0 Å². The molecule has 4 N–H and O–H groups in total. The minimum atomic E-state index is -1.18. The van der Waals surface area contributed by atoms with E-state index in [1.165, 1.54) is 5.56 Å². The zero-order chi connectivity index (χ0) is 14.1. The molecular weight excluding hydrogens is 248 g/mol. The number of aryl methyl sites for hydroxylation is 1. The molecule has 6 heteroatoms. The molecule has 0 heterocycles. The van der Waals surface area contributed by atoms with E-state index in [-0.39, 0.29) is 13.0 Å². The number of hydrogen-bond acceptors (Lipinski definition) is 5. The molecule has 0 saturated heterocycles. The van der Waals surface area contributed by atoms with Gasteiger partial charge in [0.05, 0.1) is 13.0 Å². The predicted octanol–water partition coefficient (Wildman–Crippen LogP) is 0.469. The molecule has 1 atom stereocenters. The second kappa shape index (κ2) is 8.23. The fourth-order valence-corrected chi connectivity index (χ4v) is 1.55. The lowest BCUT2D eigenvalue weighted by Gasteiger charge is -2.10. The molecule has 0 aromatic heterocycles. The number of hydrogen-bond donors (Lipinski definition) is 3. The molecule has 0 aliphatic heterocycles. The third kappa shape index (κ3) is 5.98. The standard InChI is InChI=1S/C13H18N2O4/c14-15-11(13(17)18)9-12(16)19-8-4-7-10-5-2-1-3-6-10/h1-3,5-6,11,15H,4,7-9,14H2,(H,17,18)/t11-/m0/s1. The smallest absolute Gasteiger partial charge is 0.322 e. The van der Waals surface area contributed by atoms with Crippen molar-refractivity contribution in [3.63, 3.8) is 0 Å². The molecule has 0 bridgehead atoms. The Morgan fingerprint density at radius 1 is 1.32 bits per heavy atom. The Morgan fingerprint density at radius 3 is 2.58 bits per heavy atom. The number of ether oxygens (including phenoxy) is 1. The summed E-state index contributed by atoms with van der Waals surface area (Å²) in [5.41, 5.74) is 3.22. The molecule has 104 valence electrons. The SMILES string of the molecule is NN[C@@H](CC(=O)OCCCc1ccccc1)C(=O)O. The van der Waals surface area contributed by atoms with Gasteiger partial charge in [-0.05, 0) is 18.4 Å². The summed E-state index contributed by atoms with van der Waals surface area (Å²) in [6.07, 6.45) is 1.23. The predicted molar refractivity (Wildman–Crippen MR) is 69.1 cm³/mol. The van der Waals surface area contributed by atoms with Crippen LogP contribution in [0.25, 0.3) is 0 Å². The minimum Gasteiger partial charge on any atom is -0.480 e. The maximum atomic E-state index is 11.3. The maximum Gasteiger partial charge on any atom is 0.322 e. The topological polar surface area (TPSA) is 102 Å². The zero-order valence-corrected chi connectivity index (χ0v) is 10.5.